The highest BCUT2D eigenvalue weighted by Crippen LogP contribution is 2.09. The molecule has 3 nitrogen and oxygen atoms in total. The van der Waals surface area contributed by atoms with Crippen LogP contribution in [0.25, 0.3) is 0 Å². The van der Waals surface area contributed by atoms with Crippen LogP contribution in [0.15, 0.2) is 36.7 Å². The van der Waals surface area contributed by atoms with Gasteiger partial charge in [0.1, 0.15) is 0 Å². The molecule has 2 aromatic rings. The lowest BCUT2D eigenvalue weighted by Gasteiger charge is -2.09. The number of nitrogens with zero attached hydrogens (tertiary/aromatic N) is 2. The Morgan fingerprint density at radius 3 is 2.88 bits per heavy atom. The van der Waals surface area contributed by atoms with Gasteiger partial charge in [-0.3, -0.25) is 4.98 Å². The number of hydrogen-bond donors (Lipinski definition) is 1. The Labute approximate surface area is 96.1 Å². The molecule has 0 aliphatic carbocycles. The largest absolute Gasteiger partial charge is 0.378 e. The highest BCUT2D eigenvalue weighted by Gasteiger charge is 1.98. The summed E-state index contributed by atoms with van der Waals surface area (Å²) in [6, 6.07) is 8.29. The van der Waals surface area contributed by atoms with Gasteiger partial charge in [0.05, 0.1) is 18.4 Å². The van der Waals surface area contributed by atoms with Crippen molar-refractivity contribution in [3.8, 4) is 0 Å². The first-order valence-corrected chi connectivity index (χ1v) is 5.60. The molecule has 0 unspecified atom stereocenters. The van der Waals surface area contributed by atoms with Crippen molar-refractivity contribution in [2.24, 2.45) is 0 Å². The Morgan fingerprint density at radius 1 is 1.31 bits per heavy atom. The molecule has 1 N–H and O–H groups in total. The van der Waals surface area contributed by atoms with Gasteiger partial charge in [0.25, 0.3) is 0 Å². The molecule has 0 aromatic carbocycles. The summed E-state index contributed by atoms with van der Waals surface area (Å²) in [6.07, 6.45) is 3.97. The first-order valence-electron chi connectivity index (χ1n) is 5.60. The minimum absolute atomic E-state index is 0.839. The lowest BCUT2D eigenvalue weighted by atomic mass is 10.3. The van der Waals surface area contributed by atoms with Crippen LogP contribution in [0.1, 0.15) is 18.3 Å². The number of hydrogen-bond acceptors (Lipinski definition) is 2. The fraction of sp³-hybridized carbons (Fsp3) is 0.308. The third-order valence-electron chi connectivity index (χ3n) is 2.65. The van der Waals surface area contributed by atoms with E-state index in [9.17, 15) is 0 Å². The first kappa shape index (κ1) is 10.7. The van der Waals surface area contributed by atoms with Crippen molar-refractivity contribution in [1.29, 1.82) is 0 Å². The summed E-state index contributed by atoms with van der Waals surface area (Å²) in [7, 11) is 0. The van der Waals surface area contributed by atoms with E-state index >= 15 is 0 Å². The van der Waals surface area contributed by atoms with E-state index < -0.39 is 0 Å². The Kier molecular flexibility index (Phi) is 3.25. The van der Waals surface area contributed by atoms with Gasteiger partial charge in [-0.25, -0.2) is 0 Å². The molecule has 3 heteroatoms. The number of pyridine rings is 1. The quantitative estimate of drug-likeness (QED) is 0.850. The van der Waals surface area contributed by atoms with Crippen molar-refractivity contribution in [1.82, 2.24) is 9.55 Å². The minimum Gasteiger partial charge on any atom is -0.378 e. The minimum atomic E-state index is 0.839. The summed E-state index contributed by atoms with van der Waals surface area (Å²) in [5.41, 5.74) is 3.40. The van der Waals surface area contributed by atoms with Gasteiger partial charge in [-0.15, -0.1) is 0 Å². The van der Waals surface area contributed by atoms with Gasteiger partial charge in [-0.1, -0.05) is 0 Å². The molecule has 0 saturated heterocycles. The molecule has 16 heavy (non-hydrogen) atoms. The summed E-state index contributed by atoms with van der Waals surface area (Å²) in [5, 5.41) is 3.37. The molecular formula is C13H17N3. The molecular weight excluding hydrogens is 198 g/mol. The standard InChI is InChI=1S/C13H17N3/c1-3-16-8-4-5-13(16)10-15-12-7-6-11(2)14-9-12/h4-9,15H,3,10H2,1-2H3. The van der Waals surface area contributed by atoms with Crippen molar-refractivity contribution in [2.45, 2.75) is 26.9 Å². The van der Waals surface area contributed by atoms with Crippen molar-refractivity contribution < 1.29 is 0 Å². The predicted molar refractivity (Wildman–Crippen MR) is 66.4 cm³/mol. The molecule has 2 rings (SSSR count). The second-order valence-corrected chi connectivity index (χ2v) is 3.83. The smallest absolute Gasteiger partial charge is 0.0553 e. The van der Waals surface area contributed by atoms with Crippen molar-refractivity contribution in [3.63, 3.8) is 0 Å². The average molecular weight is 215 g/mol. The van der Waals surface area contributed by atoms with Crippen LogP contribution in [0, 0.1) is 6.92 Å². The maximum atomic E-state index is 4.25. The van der Waals surface area contributed by atoms with E-state index in [1.807, 2.05) is 19.2 Å². The lowest BCUT2D eigenvalue weighted by Crippen LogP contribution is -2.06. The van der Waals surface area contributed by atoms with Crippen LogP contribution < -0.4 is 5.32 Å². The second kappa shape index (κ2) is 4.84. The van der Waals surface area contributed by atoms with Crippen LogP contribution in [-0.4, -0.2) is 9.55 Å². The van der Waals surface area contributed by atoms with Gasteiger partial charge >= 0.3 is 0 Å². The molecule has 0 spiro atoms. The number of nitrogens with one attached hydrogen (secondary N) is 1. The van der Waals surface area contributed by atoms with Crippen LogP contribution in [0.2, 0.25) is 0 Å². The predicted octanol–water partition coefficient (Wildman–Crippen LogP) is 2.82. The Bertz CT molecular complexity index is 442. The van der Waals surface area contributed by atoms with Gasteiger partial charge in [-0.2, -0.15) is 0 Å². The molecule has 0 saturated carbocycles. The maximum Gasteiger partial charge on any atom is 0.0553 e. The SMILES string of the molecule is CCn1cccc1CNc1ccc(C)nc1. The normalized spacial score (nSPS) is 10.4. The van der Waals surface area contributed by atoms with Gasteiger partial charge < -0.3 is 9.88 Å². The van der Waals surface area contributed by atoms with Gasteiger partial charge in [0.2, 0.25) is 0 Å². The van der Waals surface area contributed by atoms with Crippen LogP contribution in [0.5, 0.6) is 0 Å². The molecule has 0 aliphatic heterocycles. The molecule has 0 amide bonds. The van der Waals surface area contributed by atoms with E-state index in [2.05, 4.69) is 46.2 Å². The van der Waals surface area contributed by atoms with E-state index in [-0.39, 0.29) is 0 Å². The number of aryl methyl sites for hydroxylation is 2. The van der Waals surface area contributed by atoms with E-state index in [4.69, 9.17) is 0 Å². The van der Waals surface area contributed by atoms with Crippen LogP contribution in [0.4, 0.5) is 5.69 Å². The highest BCUT2D eigenvalue weighted by molar-refractivity contribution is 5.41. The van der Waals surface area contributed by atoms with Gasteiger partial charge in [0, 0.05) is 24.1 Å². The van der Waals surface area contributed by atoms with E-state index in [0.29, 0.717) is 0 Å². The maximum absolute atomic E-state index is 4.25. The molecule has 0 fully saturated rings. The highest BCUT2D eigenvalue weighted by atomic mass is 15.0. The van der Waals surface area contributed by atoms with E-state index in [1.165, 1.54) is 5.69 Å². The van der Waals surface area contributed by atoms with E-state index in [1.54, 1.807) is 0 Å². The van der Waals surface area contributed by atoms with Crippen molar-refractivity contribution >= 4 is 5.69 Å². The molecule has 0 aliphatic rings. The lowest BCUT2D eigenvalue weighted by molar-refractivity contribution is 0.724. The summed E-state index contributed by atoms with van der Waals surface area (Å²) in [6.45, 7) is 5.99. The van der Waals surface area contributed by atoms with E-state index in [0.717, 1.165) is 24.5 Å². The first-order chi connectivity index (χ1) is 7.79. The molecule has 2 aromatic heterocycles. The van der Waals surface area contributed by atoms with Crippen LogP contribution in [0.3, 0.4) is 0 Å². The number of aromatic nitrogens is 2. The summed E-state index contributed by atoms with van der Waals surface area (Å²) in [4.78, 5) is 4.25. The Morgan fingerprint density at radius 2 is 2.19 bits per heavy atom. The van der Waals surface area contributed by atoms with Crippen molar-refractivity contribution in [2.75, 3.05) is 5.32 Å². The third-order valence-corrected chi connectivity index (χ3v) is 2.65. The monoisotopic (exact) mass is 215 g/mol. The molecule has 0 atom stereocenters. The van der Waals surface area contributed by atoms with Crippen LogP contribution >= 0.6 is 0 Å². The average Bonchev–Trinajstić information content (AvgIpc) is 2.76. The van der Waals surface area contributed by atoms with Gasteiger partial charge in [-0.05, 0) is 38.1 Å². The molecule has 84 valence electrons. The zero-order valence-corrected chi connectivity index (χ0v) is 9.77. The van der Waals surface area contributed by atoms with Crippen molar-refractivity contribution in [3.05, 3.63) is 48.0 Å². The van der Waals surface area contributed by atoms with Crippen LogP contribution in [-0.2, 0) is 13.1 Å². The fourth-order valence-corrected chi connectivity index (χ4v) is 1.68. The third kappa shape index (κ3) is 2.42. The second-order valence-electron chi connectivity index (χ2n) is 3.83. The number of rotatable bonds is 4. The molecule has 0 bridgehead atoms. The summed E-state index contributed by atoms with van der Waals surface area (Å²) < 4.78 is 2.23. The molecule has 0 radical (unpaired) electrons. The Balaban J connectivity index is 1.99. The summed E-state index contributed by atoms with van der Waals surface area (Å²) in [5.74, 6) is 0. The fourth-order valence-electron chi connectivity index (χ4n) is 1.68. The van der Waals surface area contributed by atoms with Gasteiger partial charge in [0.15, 0.2) is 0 Å². The molecule has 2 heterocycles. The number of anilines is 1. The Hall–Kier alpha value is -1.77. The zero-order valence-electron chi connectivity index (χ0n) is 9.77. The topological polar surface area (TPSA) is 29.9 Å². The summed E-state index contributed by atoms with van der Waals surface area (Å²) >= 11 is 0. The zero-order chi connectivity index (χ0) is 11.4.